The van der Waals surface area contributed by atoms with Crippen LogP contribution in [0, 0.1) is 11.3 Å². The summed E-state index contributed by atoms with van der Waals surface area (Å²) >= 11 is 0. The average molecular weight is 173 g/mol. The largest absolute Gasteiger partial charge is 0.380 e. The molecular weight excluding hydrogens is 162 g/mol. The van der Waals surface area contributed by atoms with Gasteiger partial charge in [0.2, 0.25) is 0 Å². The lowest BCUT2D eigenvalue weighted by molar-refractivity contribution is 0.184. The van der Waals surface area contributed by atoms with Crippen molar-refractivity contribution < 1.29 is 4.74 Å². The minimum absolute atomic E-state index is 0.575. The van der Waals surface area contributed by atoms with Crippen LogP contribution in [0.5, 0.6) is 0 Å². The lowest BCUT2D eigenvalue weighted by Crippen LogP contribution is -1.90. The molecule has 0 fully saturated rings. The molecule has 2 nitrogen and oxygen atoms in total. The molecule has 0 bridgehead atoms. The lowest BCUT2D eigenvalue weighted by Gasteiger charge is -2.02. The van der Waals surface area contributed by atoms with Crippen molar-refractivity contribution in [3.8, 4) is 6.07 Å². The highest BCUT2D eigenvalue weighted by atomic mass is 16.5. The standard InChI is InChI=1S/C11H11NO/c1-13-9-11-6-3-2-5-10(11)7-4-8-12/h2-7H,9H2,1H3/b7-4+. The molecule has 0 unspecified atom stereocenters. The first kappa shape index (κ1) is 9.50. The van der Waals surface area contributed by atoms with E-state index in [4.69, 9.17) is 10.00 Å². The summed E-state index contributed by atoms with van der Waals surface area (Å²) in [5, 5.41) is 8.38. The van der Waals surface area contributed by atoms with Crippen molar-refractivity contribution in [1.82, 2.24) is 0 Å². The van der Waals surface area contributed by atoms with Crippen LogP contribution in [-0.4, -0.2) is 7.11 Å². The SMILES string of the molecule is COCc1ccccc1/C=C/C#N. The van der Waals surface area contributed by atoms with Gasteiger partial charge in [-0.05, 0) is 17.2 Å². The Kier molecular flexibility index (Phi) is 3.74. The summed E-state index contributed by atoms with van der Waals surface area (Å²) in [7, 11) is 1.66. The number of hydrogen-bond acceptors (Lipinski definition) is 2. The quantitative estimate of drug-likeness (QED) is 0.657. The molecule has 1 aromatic carbocycles. The van der Waals surface area contributed by atoms with Gasteiger partial charge in [-0.15, -0.1) is 0 Å². The first-order valence-corrected chi connectivity index (χ1v) is 4.01. The molecule has 1 aromatic rings. The minimum Gasteiger partial charge on any atom is -0.380 e. The summed E-state index contributed by atoms with van der Waals surface area (Å²) in [6.45, 7) is 0.575. The van der Waals surface area contributed by atoms with Crippen molar-refractivity contribution in [3.05, 3.63) is 41.5 Å². The van der Waals surface area contributed by atoms with E-state index in [-0.39, 0.29) is 0 Å². The molecule has 0 radical (unpaired) electrons. The van der Waals surface area contributed by atoms with E-state index < -0.39 is 0 Å². The zero-order chi connectivity index (χ0) is 9.52. The van der Waals surface area contributed by atoms with Crippen LogP contribution in [0.1, 0.15) is 11.1 Å². The first-order valence-electron chi connectivity index (χ1n) is 4.01. The molecule has 2 heteroatoms. The van der Waals surface area contributed by atoms with Crippen LogP contribution in [0.15, 0.2) is 30.3 Å². The summed E-state index contributed by atoms with van der Waals surface area (Å²) < 4.78 is 5.03. The number of rotatable bonds is 3. The van der Waals surface area contributed by atoms with Gasteiger partial charge in [0.15, 0.2) is 0 Å². The van der Waals surface area contributed by atoms with Crippen molar-refractivity contribution in [2.45, 2.75) is 6.61 Å². The molecule has 0 spiro atoms. The fourth-order valence-electron chi connectivity index (χ4n) is 1.11. The second-order valence-electron chi connectivity index (χ2n) is 2.59. The molecule has 0 aliphatic carbocycles. The van der Waals surface area contributed by atoms with Gasteiger partial charge >= 0.3 is 0 Å². The van der Waals surface area contributed by atoms with E-state index in [2.05, 4.69) is 0 Å². The van der Waals surface area contributed by atoms with E-state index in [9.17, 15) is 0 Å². The monoisotopic (exact) mass is 173 g/mol. The fourth-order valence-corrected chi connectivity index (χ4v) is 1.11. The molecule has 13 heavy (non-hydrogen) atoms. The van der Waals surface area contributed by atoms with Gasteiger partial charge in [0, 0.05) is 13.2 Å². The third kappa shape index (κ3) is 2.73. The second-order valence-corrected chi connectivity index (χ2v) is 2.59. The van der Waals surface area contributed by atoms with Gasteiger partial charge < -0.3 is 4.74 Å². The van der Waals surface area contributed by atoms with E-state index in [1.807, 2.05) is 30.3 Å². The highest BCUT2D eigenvalue weighted by molar-refractivity contribution is 5.55. The van der Waals surface area contributed by atoms with Gasteiger partial charge in [-0.1, -0.05) is 24.3 Å². The normalized spacial score (nSPS) is 10.2. The highest BCUT2D eigenvalue weighted by Gasteiger charge is 1.96. The number of allylic oxidation sites excluding steroid dienone is 1. The van der Waals surface area contributed by atoms with Crippen molar-refractivity contribution in [2.24, 2.45) is 0 Å². The van der Waals surface area contributed by atoms with Crippen molar-refractivity contribution in [2.75, 3.05) is 7.11 Å². The summed E-state index contributed by atoms with van der Waals surface area (Å²) in [4.78, 5) is 0. The van der Waals surface area contributed by atoms with Gasteiger partial charge in [-0.3, -0.25) is 0 Å². The molecular formula is C11H11NO. The number of benzene rings is 1. The molecule has 0 atom stereocenters. The summed E-state index contributed by atoms with van der Waals surface area (Å²) in [6, 6.07) is 9.81. The Morgan fingerprint density at radius 3 is 2.92 bits per heavy atom. The second kappa shape index (κ2) is 5.13. The summed E-state index contributed by atoms with van der Waals surface area (Å²) in [6.07, 6.45) is 3.25. The molecule has 0 N–H and O–H groups in total. The Morgan fingerprint density at radius 2 is 2.23 bits per heavy atom. The lowest BCUT2D eigenvalue weighted by atomic mass is 10.1. The number of nitrogens with zero attached hydrogens (tertiary/aromatic N) is 1. The molecule has 66 valence electrons. The van der Waals surface area contributed by atoms with Gasteiger partial charge in [0.05, 0.1) is 12.7 Å². The summed E-state index contributed by atoms with van der Waals surface area (Å²) in [5.74, 6) is 0. The molecule has 0 amide bonds. The van der Waals surface area contributed by atoms with E-state index in [0.29, 0.717) is 6.61 Å². The van der Waals surface area contributed by atoms with E-state index in [1.165, 1.54) is 6.08 Å². The third-order valence-electron chi connectivity index (χ3n) is 1.69. The number of nitriles is 1. The average Bonchev–Trinajstić information content (AvgIpc) is 2.17. The predicted octanol–water partition coefficient (Wildman–Crippen LogP) is 2.37. The van der Waals surface area contributed by atoms with Gasteiger partial charge in [-0.25, -0.2) is 0 Å². The maximum absolute atomic E-state index is 8.38. The molecule has 0 saturated heterocycles. The van der Waals surface area contributed by atoms with Crippen LogP contribution in [0.3, 0.4) is 0 Å². The van der Waals surface area contributed by atoms with E-state index in [1.54, 1.807) is 13.2 Å². The van der Waals surface area contributed by atoms with Gasteiger partial charge in [0.1, 0.15) is 0 Å². The zero-order valence-corrected chi connectivity index (χ0v) is 7.53. The Bertz CT molecular complexity index is 336. The van der Waals surface area contributed by atoms with E-state index in [0.717, 1.165) is 11.1 Å². The minimum atomic E-state index is 0.575. The fraction of sp³-hybridized carbons (Fsp3) is 0.182. The van der Waals surface area contributed by atoms with Crippen LogP contribution < -0.4 is 0 Å². The van der Waals surface area contributed by atoms with Crippen LogP contribution in [0.25, 0.3) is 6.08 Å². The maximum Gasteiger partial charge on any atom is 0.0912 e. The Morgan fingerprint density at radius 1 is 1.46 bits per heavy atom. The van der Waals surface area contributed by atoms with Gasteiger partial charge in [0.25, 0.3) is 0 Å². The number of ether oxygens (including phenoxy) is 1. The van der Waals surface area contributed by atoms with Crippen molar-refractivity contribution in [3.63, 3.8) is 0 Å². The smallest absolute Gasteiger partial charge is 0.0912 e. The third-order valence-corrected chi connectivity index (χ3v) is 1.69. The Balaban J connectivity index is 2.92. The maximum atomic E-state index is 8.38. The first-order chi connectivity index (χ1) is 6.38. The molecule has 0 saturated carbocycles. The zero-order valence-electron chi connectivity index (χ0n) is 7.53. The Labute approximate surface area is 78.1 Å². The van der Waals surface area contributed by atoms with Crippen molar-refractivity contribution >= 4 is 6.08 Å². The van der Waals surface area contributed by atoms with Crippen LogP contribution in [0.4, 0.5) is 0 Å². The molecule has 1 rings (SSSR count). The molecule has 0 aromatic heterocycles. The molecule has 0 aliphatic heterocycles. The molecule has 0 heterocycles. The number of hydrogen-bond donors (Lipinski definition) is 0. The Hall–Kier alpha value is -1.59. The highest BCUT2D eigenvalue weighted by Crippen LogP contribution is 2.11. The van der Waals surface area contributed by atoms with E-state index >= 15 is 0 Å². The predicted molar refractivity (Wildman–Crippen MR) is 51.8 cm³/mol. The van der Waals surface area contributed by atoms with Crippen LogP contribution in [0.2, 0.25) is 0 Å². The number of methoxy groups -OCH3 is 1. The van der Waals surface area contributed by atoms with Crippen molar-refractivity contribution in [1.29, 1.82) is 5.26 Å². The van der Waals surface area contributed by atoms with Crippen LogP contribution >= 0.6 is 0 Å². The molecule has 0 aliphatic rings. The van der Waals surface area contributed by atoms with Gasteiger partial charge in [-0.2, -0.15) is 5.26 Å². The topological polar surface area (TPSA) is 33.0 Å². The summed E-state index contributed by atoms with van der Waals surface area (Å²) in [5.41, 5.74) is 2.13. The van der Waals surface area contributed by atoms with Crippen LogP contribution in [-0.2, 0) is 11.3 Å².